The van der Waals surface area contributed by atoms with Crippen molar-refractivity contribution in [3.05, 3.63) is 48.3 Å². The van der Waals surface area contributed by atoms with Crippen molar-refractivity contribution in [3.8, 4) is 0 Å². The normalized spacial score (nSPS) is 11.2. The lowest BCUT2D eigenvalue weighted by atomic mass is 9.95. The number of aromatic nitrogens is 4. The zero-order valence-electron chi connectivity index (χ0n) is 12.2. The summed E-state index contributed by atoms with van der Waals surface area (Å²) in [4.78, 5) is 25.2. The largest absolute Gasteiger partial charge is 0.329 e. The zero-order valence-corrected chi connectivity index (χ0v) is 12.2. The number of nitrogens with zero attached hydrogens (tertiary/aromatic N) is 4. The smallest absolute Gasteiger partial charge is 0.196 e. The van der Waals surface area contributed by atoms with Gasteiger partial charge in [-0.3, -0.25) is 9.78 Å². The Balaban J connectivity index is 2.19. The second kappa shape index (κ2) is 5.12. The Morgan fingerprint density at radius 1 is 1.24 bits per heavy atom. The summed E-state index contributed by atoms with van der Waals surface area (Å²) < 4.78 is 1.99. The molecule has 0 atom stereocenters. The van der Waals surface area contributed by atoms with Crippen molar-refractivity contribution in [3.63, 3.8) is 0 Å². The Morgan fingerprint density at radius 3 is 2.76 bits per heavy atom. The van der Waals surface area contributed by atoms with Crippen molar-refractivity contribution < 1.29 is 4.79 Å². The van der Waals surface area contributed by atoms with E-state index in [1.54, 1.807) is 18.6 Å². The average molecular weight is 278 g/mol. The first-order valence-corrected chi connectivity index (χ1v) is 6.85. The molecule has 0 saturated heterocycles. The number of ketones is 1. The molecule has 104 valence electrons. The standard InChI is InChI=1S/C15H15BN4O/c1-9(2)20-7-13(12-6-18-8-19-15(12)20)14(21)10-3-11(16)5-17-4-10/h3-9H,16H2,1-2H3. The molecule has 3 rings (SSSR count). The molecule has 0 aromatic carbocycles. The summed E-state index contributed by atoms with van der Waals surface area (Å²) in [5, 5.41) is 0.776. The van der Waals surface area contributed by atoms with Gasteiger partial charge in [-0.15, -0.1) is 0 Å². The summed E-state index contributed by atoms with van der Waals surface area (Å²) in [5.41, 5.74) is 2.95. The van der Waals surface area contributed by atoms with Crippen LogP contribution < -0.4 is 5.46 Å². The number of pyridine rings is 1. The van der Waals surface area contributed by atoms with E-state index >= 15 is 0 Å². The molecule has 0 N–H and O–H groups in total. The third kappa shape index (κ3) is 2.33. The van der Waals surface area contributed by atoms with Crippen LogP contribution in [0.15, 0.2) is 37.2 Å². The highest BCUT2D eigenvalue weighted by Gasteiger charge is 2.19. The van der Waals surface area contributed by atoms with Gasteiger partial charge in [0.1, 0.15) is 19.8 Å². The molecular weight excluding hydrogens is 263 g/mol. The van der Waals surface area contributed by atoms with Gasteiger partial charge in [-0.05, 0) is 13.8 Å². The molecule has 3 aromatic heterocycles. The minimum atomic E-state index is -0.0506. The van der Waals surface area contributed by atoms with Crippen molar-refractivity contribution in [2.75, 3.05) is 0 Å². The first-order valence-electron chi connectivity index (χ1n) is 6.85. The summed E-state index contributed by atoms with van der Waals surface area (Å²) in [6.45, 7) is 4.12. The van der Waals surface area contributed by atoms with Crippen LogP contribution in [-0.2, 0) is 0 Å². The summed E-state index contributed by atoms with van der Waals surface area (Å²) >= 11 is 0. The van der Waals surface area contributed by atoms with E-state index in [9.17, 15) is 4.79 Å². The topological polar surface area (TPSA) is 60.7 Å². The van der Waals surface area contributed by atoms with Gasteiger partial charge < -0.3 is 4.57 Å². The van der Waals surface area contributed by atoms with Crippen LogP contribution >= 0.6 is 0 Å². The molecule has 6 heteroatoms. The van der Waals surface area contributed by atoms with E-state index in [1.807, 2.05) is 24.7 Å². The highest BCUT2D eigenvalue weighted by atomic mass is 16.1. The second-order valence-electron chi connectivity index (χ2n) is 5.38. The van der Waals surface area contributed by atoms with Crippen molar-refractivity contribution >= 4 is 30.1 Å². The number of hydrogen-bond donors (Lipinski definition) is 0. The molecule has 0 aliphatic heterocycles. The molecule has 0 saturated carbocycles. The van der Waals surface area contributed by atoms with Gasteiger partial charge in [0.2, 0.25) is 0 Å². The Kier molecular flexibility index (Phi) is 3.29. The fourth-order valence-electron chi connectivity index (χ4n) is 2.40. The molecule has 3 aromatic rings. The Bertz CT molecular complexity index is 825. The van der Waals surface area contributed by atoms with E-state index in [0.717, 1.165) is 16.5 Å². The molecular formula is C15H15BN4O. The van der Waals surface area contributed by atoms with Gasteiger partial charge in [-0.25, -0.2) is 9.97 Å². The van der Waals surface area contributed by atoms with E-state index < -0.39 is 0 Å². The molecule has 0 fully saturated rings. The lowest BCUT2D eigenvalue weighted by Crippen LogP contribution is -2.09. The molecule has 0 amide bonds. The van der Waals surface area contributed by atoms with Crippen molar-refractivity contribution in [2.24, 2.45) is 0 Å². The minimum absolute atomic E-state index is 0.0506. The first kappa shape index (κ1) is 13.5. The van der Waals surface area contributed by atoms with Gasteiger partial charge in [0.05, 0.1) is 5.56 Å². The molecule has 3 heterocycles. The number of hydrogen-bond acceptors (Lipinski definition) is 4. The Morgan fingerprint density at radius 2 is 2.05 bits per heavy atom. The summed E-state index contributed by atoms with van der Waals surface area (Å²) in [6, 6.07) is 2.07. The van der Waals surface area contributed by atoms with Crippen LogP contribution in [-0.4, -0.2) is 33.1 Å². The summed E-state index contributed by atoms with van der Waals surface area (Å²) in [5.74, 6) is -0.0506. The third-order valence-electron chi connectivity index (χ3n) is 3.43. The fraction of sp³-hybridized carbons (Fsp3) is 0.200. The van der Waals surface area contributed by atoms with E-state index in [0.29, 0.717) is 11.1 Å². The van der Waals surface area contributed by atoms with Gasteiger partial charge >= 0.3 is 0 Å². The summed E-state index contributed by atoms with van der Waals surface area (Å²) in [7, 11) is 1.92. The molecule has 21 heavy (non-hydrogen) atoms. The Labute approximate surface area is 123 Å². The first-order chi connectivity index (χ1) is 10.1. The maximum Gasteiger partial charge on any atom is 0.196 e. The number of rotatable bonds is 3. The lowest BCUT2D eigenvalue weighted by molar-refractivity contribution is 0.104. The predicted molar refractivity (Wildman–Crippen MR) is 83.8 cm³/mol. The monoisotopic (exact) mass is 278 g/mol. The molecule has 0 aliphatic rings. The SMILES string of the molecule is Bc1cncc(C(=O)c2cn(C(C)C)c3ncncc23)c1. The molecule has 0 aliphatic carbocycles. The van der Waals surface area contributed by atoms with Crippen LogP contribution in [0.3, 0.4) is 0 Å². The third-order valence-corrected chi connectivity index (χ3v) is 3.43. The maximum absolute atomic E-state index is 12.7. The highest BCUT2D eigenvalue weighted by molar-refractivity contribution is 6.32. The molecule has 0 unspecified atom stereocenters. The molecule has 0 bridgehead atoms. The average Bonchev–Trinajstić information content (AvgIpc) is 2.86. The molecule has 0 radical (unpaired) electrons. The van der Waals surface area contributed by atoms with Crippen molar-refractivity contribution in [2.45, 2.75) is 19.9 Å². The number of fused-ring (bicyclic) bond motifs is 1. The van der Waals surface area contributed by atoms with E-state index in [4.69, 9.17) is 0 Å². The van der Waals surface area contributed by atoms with Crippen LogP contribution in [0.2, 0.25) is 0 Å². The predicted octanol–water partition coefficient (Wildman–Crippen LogP) is 0.897. The van der Waals surface area contributed by atoms with Crippen LogP contribution in [0, 0.1) is 0 Å². The van der Waals surface area contributed by atoms with E-state index in [1.165, 1.54) is 6.33 Å². The second-order valence-corrected chi connectivity index (χ2v) is 5.38. The minimum Gasteiger partial charge on any atom is -0.329 e. The van der Waals surface area contributed by atoms with Gasteiger partial charge in [-0.1, -0.05) is 11.5 Å². The van der Waals surface area contributed by atoms with Crippen molar-refractivity contribution in [1.82, 2.24) is 19.5 Å². The van der Waals surface area contributed by atoms with Crippen LogP contribution in [0.25, 0.3) is 11.0 Å². The lowest BCUT2D eigenvalue weighted by Gasteiger charge is -2.07. The van der Waals surface area contributed by atoms with Crippen LogP contribution in [0.1, 0.15) is 35.8 Å². The highest BCUT2D eigenvalue weighted by Crippen LogP contribution is 2.24. The van der Waals surface area contributed by atoms with Gasteiger partial charge in [0.15, 0.2) is 5.78 Å². The maximum atomic E-state index is 12.7. The molecule has 5 nitrogen and oxygen atoms in total. The Hall–Kier alpha value is -2.50. The van der Waals surface area contributed by atoms with Crippen molar-refractivity contribution in [1.29, 1.82) is 0 Å². The van der Waals surface area contributed by atoms with Gasteiger partial charge in [0, 0.05) is 41.8 Å². The summed E-state index contributed by atoms with van der Waals surface area (Å²) in [6.07, 6.45) is 8.38. The fourth-order valence-corrected chi connectivity index (χ4v) is 2.40. The zero-order chi connectivity index (χ0) is 15.0. The van der Waals surface area contributed by atoms with Gasteiger partial charge in [0.25, 0.3) is 0 Å². The van der Waals surface area contributed by atoms with E-state index in [-0.39, 0.29) is 11.8 Å². The van der Waals surface area contributed by atoms with Crippen LogP contribution in [0.4, 0.5) is 0 Å². The quantitative estimate of drug-likeness (QED) is 0.527. The number of carbonyl (C=O) groups is 1. The molecule has 0 spiro atoms. The van der Waals surface area contributed by atoms with Crippen LogP contribution in [0.5, 0.6) is 0 Å². The van der Waals surface area contributed by atoms with Gasteiger partial charge in [-0.2, -0.15) is 0 Å². The number of carbonyl (C=O) groups excluding carboxylic acids is 1. The van der Waals surface area contributed by atoms with E-state index in [2.05, 4.69) is 28.8 Å².